The fourth-order valence-corrected chi connectivity index (χ4v) is 1.52. The van der Waals surface area contributed by atoms with Gasteiger partial charge in [0.2, 0.25) is 0 Å². The van der Waals surface area contributed by atoms with Crippen LogP contribution in [-0.4, -0.2) is 55.3 Å². The van der Waals surface area contributed by atoms with E-state index in [1.54, 1.807) is 0 Å². The van der Waals surface area contributed by atoms with E-state index in [0.29, 0.717) is 17.4 Å². The first kappa shape index (κ1) is 15.9. The van der Waals surface area contributed by atoms with Crippen molar-refractivity contribution >= 4 is 11.9 Å². The van der Waals surface area contributed by atoms with Gasteiger partial charge in [-0.2, -0.15) is 0 Å². The Labute approximate surface area is 103 Å². The Hall–Kier alpha value is -1.10. The molecule has 0 spiro atoms. The van der Waals surface area contributed by atoms with E-state index >= 15 is 0 Å². The van der Waals surface area contributed by atoms with Crippen LogP contribution < -0.4 is 0 Å². The van der Waals surface area contributed by atoms with Gasteiger partial charge in [-0.25, -0.2) is 0 Å². The van der Waals surface area contributed by atoms with Crippen molar-refractivity contribution in [1.29, 1.82) is 0 Å². The van der Waals surface area contributed by atoms with Crippen molar-refractivity contribution in [2.24, 2.45) is 0 Å². The Morgan fingerprint density at radius 3 is 2.29 bits per heavy atom. The van der Waals surface area contributed by atoms with Gasteiger partial charge in [0.1, 0.15) is 6.54 Å². The van der Waals surface area contributed by atoms with Gasteiger partial charge in [0, 0.05) is 6.42 Å². The molecule has 0 aliphatic rings. The molecule has 5 heteroatoms. The molecule has 100 valence electrons. The van der Waals surface area contributed by atoms with Crippen LogP contribution in [0.15, 0.2) is 0 Å². The summed E-state index contributed by atoms with van der Waals surface area (Å²) < 4.78 is 5.77. The Bertz CT molecular complexity index is 258. The highest BCUT2D eigenvalue weighted by Gasteiger charge is 2.24. The molecule has 0 rings (SSSR count). The standard InChI is InChI=1S/C12H23NO4/c1-5-6-7-12(16)17-10(8-11(14)15)9-13(2,3)4/h10H,5-9H2,1-4H3/p+1. The largest absolute Gasteiger partial charge is 0.481 e. The summed E-state index contributed by atoms with van der Waals surface area (Å²) in [5.41, 5.74) is 0. The van der Waals surface area contributed by atoms with Crippen LogP contribution in [0.25, 0.3) is 0 Å². The highest BCUT2D eigenvalue weighted by Crippen LogP contribution is 2.07. The molecule has 0 aliphatic heterocycles. The second-order valence-electron chi connectivity index (χ2n) is 5.29. The van der Waals surface area contributed by atoms with Crippen LogP contribution in [0.5, 0.6) is 0 Å². The first-order chi connectivity index (χ1) is 7.74. The van der Waals surface area contributed by atoms with Crippen LogP contribution in [0.2, 0.25) is 0 Å². The Balaban J connectivity index is 4.28. The van der Waals surface area contributed by atoms with Crippen LogP contribution in [0, 0.1) is 0 Å². The number of unbranched alkanes of at least 4 members (excludes halogenated alkanes) is 1. The lowest BCUT2D eigenvalue weighted by molar-refractivity contribution is -0.873. The number of hydrogen-bond acceptors (Lipinski definition) is 3. The number of carboxylic acids is 1. The molecule has 1 unspecified atom stereocenters. The second-order valence-corrected chi connectivity index (χ2v) is 5.29. The summed E-state index contributed by atoms with van der Waals surface area (Å²) in [7, 11) is 5.82. The second kappa shape index (κ2) is 7.27. The first-order valence-electron chi connectivity index (χ1n) is 5.96. The van der Waals surface area contributed by atoms with Crippen molar-refractivity contribution in [1.82, 2.24) is 0 Å². The van der Waals surface area contributed by atoms with Gasteiger partial charge in [-0.3, -0.25) is 9.59 Å². The van der Waals surface area contributed by atoms with Crippen molar-refractivity contribution in [2.45, 2.75) is 38.7 Å². The average molecular weight is 246 g/mol. The van der Waals surface area contributed by atoms with Crippen LogP contribution in [-0.2, 0) is 14.3 Å². The summed E-state index contributed by atoms with van der Waals surface area (Å²) in [6, 6.07) is 0. The predicted molar refractivity (Wildman–Crippen MR) is 64.6 cm³/mol. The first-order valence-corrected chi connectivity index (χ1v) is 5.96. The fraction of sp³-hybridized carbons (Fsp3) is 0.833. The molecule has 0 saturated carbocycles. The highest BCUT2D eigenvalue weighted by molar-refractivity contribution is 5.71. The van der Waals surface area contributed by atoms with Gasteiger partial charge in [0.05, 0.1) is 27.6 Å². The Morgan fingerprint density at radius 1 is 1.29 bits per heavy atom. The van der Waals surface area contributed by atoms with Gasteiger partial charge in [-0.15, -0.1) is 0 Å². The molecule has 0 aromatic carbocycles. The van der Waals surface area contributed by atoms with Crippen molar-refractivity contribution in [3.8, 4) is 0 Å². The predicted octanol–water partition coefficient (Wildman–Crippen LogP) is 1.27. The van der Waals surface area contributed by atoms with Gasteiger partial charge >= 0.3 is 11.9 Å². The molecule has 0 heterocycles. The number of aliphatic carboxylic acids is 1. The van der Waals surface area contributed by atoms with E-state index in [1.165, 1.54) is 0 Å². The van der Waals surface area contributed by atoms with E-state index in [0.717, 1.165) is 12.8 Å². The van der Waals surface area contributed by atoms with E-state index < -0.39 is 12.1 Å². The maximum atomic E-state index is 11.5. The molecule has 1 atom stereocenters. The molecule has 5 nitrogen and oxygen atoms in total. The van der Waals surface area contributed by atoms with Crippen molar-refractivity contribution in [3.63, 3.8) is 0 Å². The number of carbonyl (C=O) groups excluding carboxylic acids is 1. The normalized spacial score (nSPS) is 13.2. The zero-order chi connectivity index (χ0) is 13.5. The number of carbonyl (C=O) groups is 2. The number of nitrogens with zero attached hydrogens (tertiary/aromatic N) is 1. The molecular weight excluding hydrogens is 222 g/mol. The monoisotopic (exact) mass is 246 g/mol. The quantitative estimate of drug-likeness (QED) is 0.517. The van der Waals surface area contributed by atoms with Crippen molar-refractivity contribution in [3.05, 3.63) is 0 Å². The zero-order valence-electron chi connectivity index (χ0n) is 11.2. The van der Waals surface area contributed by atoms with E-state index in [4.69, 9.17) is 9.84 Å². The summed E-state index contributed by atoms with van der Waals surface area (Å²) in [5.74, 6) is -1.24. The van der Waals surface area contributed by atoms with Gasteiger partial charge in [0.25, 0.3) is 0 Å². The van der Waals surface area contributed by atoms with Crippen LogP contribution in [0.3, 0.4) is 0 Å². The third kappa shape index (κ3) is 9.81. The number of esters is 1. The smallest absolute Gasteiger partial charge is 0.307 e. The number of quaternary nitrogens is 1. The molecule has 1 N–H and O–H groups in total. The van der Waals surface area contributed by atoms with E-state index in [9.17, 15) is 9.59 Å². The number of rotatable bonds is 8. The summed E-state index contributed by atoms with van der Waals surface area (Å²) in [6.07, 6.45) is 1.39. The fourth-order valence-electron chi connectivity index (χ4n) is 1.52. The maximum absolute atomic E-state index is 11.5. The lowest BCUT2D eigenvalue weighted by Crippen LogP contribution is -2.43. The minimum atomic E-state index is -0.938. The third-order valence-corrected chi connectivity index (χ3v) is 2.19. The molecule has 0 aliphatic carbocycles. The summed E-state index contributed by atoms with van der Waals surface area (Å²) in [6.45, 7) is 2.50. The molecule has 17 heavy (non-hydrogen) atoms. The molecule has 0 saturated heterocycles. The SMILES string of the molecule is CCCCC(=O)OC(CC(=O)O)C[N+](C)(C)C. The number of carboxylic acid groups (broad SMARTS) is 1. The molecule has 0 radical (unpaired) electrons. The zero-order valence-corrected chi connectivity index (χ0v) is 11.2. The van der Waals surface area contributed by atoms with Gasteiger partial charge in [-0.05, 0) is 6.42 Å². The molecule has 0 aromatic heterocycles. The van der Waals surface area contributed by atoms with E-state index in [-0.39, 0.29) is 12.4 Å². The number of hydrogen-bond donors (Lipinski definition) is 1. The Kier molecular flexibility index (Phi) is 6.80. The lowest BCUT2D eigenvalue weighted by Gasteiger charge is -2.28. The van der Waals surface area contributed by atoms with E-state index in [1.807, 2.05) is 28.1 Å². The molecular formula is C12H24NO4+. The minimum Gasteiger partial charge on any atom is -0.481 e. The van der Waals surface area contributed by atoms with Crippen LogP contribution >= 0.6 is 0 Å². The number of ether oxygens (including phenoxy) is 1. The van der Waals surface area contributed by atoms with Gasteiger partial charge < -0.3 is 14.3 Å². The lowest BCUT2D eigenvalue weighted by atomic mass is 10.2. The van der Waals surface area contributed by atoms with E-state index in [2.05, 4.69) is 0 Å². The van der Waals surface area contributed by atoms with Crippen LogP contribution in [0.4, 0.5) is 0 Å². The minimum absolute atomic E-state index is 0.132. The molecule has 0 bridgehead atoms. The summed E-state index contributed by atoms with van der Waals surface area (Å²) >= 11 is 0. The topological polar surface area (TPSA) is 63.6 Å². The van der Waals surface area contributed by atoms with Gasteiger partial charge in [-0.1, -0.05) is 13.3 Å². The van der Waals surface area contributed by atoms with Crippen molar-refractivity contribution in [2.75, 3.05) is 27.7 Å². The van der Waals surface area contributed by atoms with Crippen molar-refractivity contribution < 1.29 is 23.9 Å². The molecule has 0 fully saturated rings. The van der Waals surface area contributed by atoms with Gasteiger partial charge in [0.15, 0.2) is 6.10 Å². The third-order valence-electron chi connectivity index (χ3n) is 2.19. The molecule has 0 amide bonds. The Morgan fingerprint density at radius 2 is 1.88 bits per heavy atom. The van der Waals surface area contributed by atoms with Crippen LogP contribution in [0.1, 0.15) is 32.6 Å². The summed E-state index contributed by atoms with van der Waals surface area (Å²) in [4.78, 5) is 22.2. The maximum Gasteiger partial charge on any atom is 0.307 e. The highest BCUT2D eigenvalue weighted by atomic mass is 16.5. The number of likely N-dealkylation sites (N-methyl/N-ethyl adjacent to an activating group) is 1. The average Bonchev–Trinajstić information content (AvgIpc) is 2.10. The molecule has 0 aromatic rings. The summed E-state index contributed by atoms with van der Waals surface area (Å²) in [5, 5.41) is 8.77.